The molecule has 15 heavy (non-hydrogen) atoms. The summed E-state index contributed by atoms with van der Waals surface area (Å²) in [7, 11) is 0. The molecule has 0 unspecified atom stereocenters. The van der Waals surface area contributed by atoms with E-state index in [9.17, 15) is 9.59 Å². The number of ketones is 1. The van der Waals surface area contributed by atoms with Gasteiger partial charge >= 0.3 is 5.97 Å². The van der Waals surface area contributed by atoms with Crippen LogP contribution in [0.4, 0.5) is 0 Å². The molecule has 0 bridgehead atoms. The third kappa shape index (κ3) is 2.98. The van der Waals surface area contributed by atoms with Crippen molar-refractivity contribution in [2.45, 2.75) is 6.92 Å². The van der Waals surface area contributed by atoms with Crippen LogP contribution < -0.4 is 0 Å². The van der Waals surface area contributed by atoms with Crippen molar-refractivity contribution in [3.05, 3.63) is 36.0 Å². The van der Waals surface area contributed by atoms with Gasteiger partial charge in [-0.1, -0.05) is 0 Å². The van der Waals surface area contributed by atoms with E-state index in [4.69, 9.17) is 9.52 Å². The molecule has 0 radical (unpaired) electrons. The van der Waals surface area contributed by atoms with E-state index in [2.05, 4.69) is 4.74 Å². The summed E-state index contributed by atoms with van der Waals surface area (Å²) < 4.78 is 9.26. The fraction of sp³-hybridized carbons (Fsp3) is 0.200. The number of carbonyl (C=O) groups is 2. The van der Waals surface area contributed by atoms with Crippen molar-refractivity contribution in [1.82, 2.24) is 0 Å². The first-order chi connectivity index (χ1) is 7.15. The van der Waals surface area contributed by atoms with Gasteiger partial charge in [-0.3, -0.25) is 4.79 Å². The van der Waals surface area contributed by atoms with Gasteiger partial charge in [0.2, 0.25) is 11.5 Å². The number of hydrogen-bond donors (Lipinski definition) is 1. The summed E-state index contributed by atoms with van der Waals surface area (Å²) in [4.78, 5) is 22.2. The highest BCUT2D eigenvalue weighted by atomic mass is 16.5. The number of esters is 1. The molecule has 0 fully saturated rings. The van der Waals surface area contributed by atoms with E-state index in [0.717, 1.165) is 6.08 Å². The average Bonchev–Trinajstić information content (AvgIpc) is 2.70. The van der Waals surface area contributed by atoms with E-state index >= 15 is 0 Å². The van der Waals surface area contributed by atoms with Crippen LogP contribution in [0.5, 0.6) is 0 Å². The fourth-order valence-corrected chi connectivity index (χ4v) is 0.878. The first kappa shape index (κ1) is 11.0. The molecule has 1 rings (SSSR count). The Hall–Kier alpha value is -2.04. The summed E-state index contributed by atoms with van der Waals surface area (Å²) in [6.45, 7) is 1.73. The maximum absolute atomic E-state index is 11.3. The minimum absolute atomic E-state index is 0.0471. The van der Waals surface area contributed by atoms with Gasteiger partial charge in [-0.2, -0.15) is 0 Å². The zero-order chi connectivity index (χ0) is 11.3. The van der Waals surface area contributed by atoms with Crippen molar-refractivity contribution < 1.29 is 23.8 Å². The third-order valence-corrected chi connectivity index (χ3v) is 1.52. The van der Waals surface area contributed by atoms with E-state index in [1.165, 1.54) is 18.4 Å². The summed E-state index contributed by atoms with van der Waals surface area (Å²) in [5.41, 5.74) is 0. The van der Waals surface area contributed by atoms with Crippen LogP contribution in [0.2, 0.25) is 0 Å². The van der Waals surface area contributed by atoms with Crippen molar-refractivity contribution in [2.75, 3.05) is 6.61 Å². The van der Waals surface area contributed by atoms with Crippen LogP contribution in [0, 0.1) is 0 Å². The number of allylic oxidation sites excluding steroid dienone is 1. The molecule has 0 saturated heterocycles. The molecule has 5 heteroatoms. The standard InChI is InChI=1S/C10H10O5/c1-2-14-10(13)8(12)6-7(11)9-4-3-5-15-9/h3-6,12H,2H2,1H3. The highest BCUT2D eigenvalue weighted by Gasteiger charge is 2.13. The normalized spacial score (nSPS) is 11.1. The minimum Gasteiger partial charge on any atom is -0.502 e. The molecule has 0 aromatic carbocycles. The second-order valence-electron chi connectivity index (χ2n) is 2.59. The van der Waals surface area contributed by atoms with Gasteiger partial charge in [0.1, 0.15) is 0 Å². The quantitative estimate of drug-likeness (QED) is 0.352. The molecule has 0 aliphatic carbocycles. The summed E-state index contributed by atoms with van der Waals surface area (Å²) in [5, 5.41) is 9.14. The topological polar surface area (TPSA) is 76.7 Å². The summed E-state index contributed by atoms with van der Waals surface area (Å²) in [5.74, 6) is -2.22. The van der Waals surface area contributed by atoms with Gasteiger partial charge in [-0.05, 0) is 19.1 Å². The van der Waals surface area contributed by atoms with Crippen LogP contribution in [0.3, 0.4) is 0 Å². The lowest BCUT2D eigenvalue weighted by Gasteiger charge is -1.98. The van der Waals surface area contributed by atoms with Gasteiger partial charge < -0.3 is 14.3 Å². The Labute approximate surface area is 86.0 Å². The molecule has 0 saturated carbocycles. The monoisotopic (exact) mass is 210 g/mol. The lowest BCUT2D eigenvalue weighted by molar-refractivity contribution is -0.141. The minimum atomic E-state index is -0.933. The molecule has 0 atom stereocenters. The van der Waals surface area contributed by atoms with Crippen molar-refractivity contribution in [3.63, 3.8) is 0 Å². The van der Waals surface area contributed by atoms with Gasteiger partial charge in [-0.15, -0.1) is 0 Å². The second-order valence-corrected chi connectivity index (χ2v) is 2.59. The lowest BCUT2D eigenvalue weighted by Crippen LogP contribution is -2.09. The number of aliphatic hydroxyl groups excluding tert-OH is 1. The highest BCUT2D eigenvalue weighted by molar-refractivity contribution is 6.06. The molecule has 1 aromatic heterocycles. The Morgan fingerprint density at radius 1 is 1.60 bits per heavy atom. The number of furan rings is 1. The van der Waals surface area contributed by atoms with Crippen LogP contribution in [0.15, 0.2) is 34.6 Å². The maximum Gasteiger partial charge on any atom is 0.373 e. The molecular formula is C10H10O5. The Bertz CT molecular complexity index is 375. The van der Waals surface area contributed by atoms with Crippen molar-refractivity contribution >= 4 is 11.8 Å². The number of rotatable bonds is 4. The maximum atomic E-state index is 11.3. The molecule has 0 aliphatic rings. The molecule has 5 nitrogen and oxygen atoms in total. The molecular weight excluding hydrogens is 200 g/mol. The first-order valence-corrected chi connectivity index (χ1v) is 4.30. The zero-order valence-electron chi connectivity index (χ0n) is 8.10. The van der Waals surface area contributed by atoms with Gasteiger partial charge in [0, 0.05) is 6.08 Å². The van der Waals surface area contributed by atoms with Gasteiger partial charge in [-0.25, -0.2) is 4.79 Å². The fourth-order valence-electron chi connectivity index (χ4n) is 0.878. The van der Waals surface area contributed by atoms with Crippen LogP contribution in [-0.4, -0.2) is 23.5 Å². The van der Waals surface area contributed by atoms with Crippen LogP contribution >= 0.6 is 0 Å². The Morgan fingerprint density at radius 3 is 2.87 bits per heavy atom. The number of aliphatic hydroxyl groups is 1. The summed E-state index contributed by atoms with van der Waals surface area (Å²) in [6.07, 6.45) is 2.08. The van der Waals surface area contributed by atoms with E-state index in [1.54, 1.807) is 6.92 Å². The van der Waals surface area contributed by atoms with Crippen LogP contribution in [0.25, 0.3) is 0 Å². The third-order valence-electron chi connectivity index (χ3n) is 1.52. The Kier molecular flexibility index (Phi) is 3.68. The second kappa shape index (κ2) is 4.99. The Balaban J connectivity index is 2.71. The molecule has 0 aliphatic heterocycles. The molecule has 1 aromatic rings. The number of carbonyl (C=O) groups excluding carboxylic acids is 2. The number of ether oxygens (including phenoxy) is 1. The highest BCUT2D eigenvalue weighted by Crippen LogP contribution is 2.04. The van der Waals surface area contributed by atoms with Gasteiger partial charge in [0.25, 0.3) is 0 Å². The predicted molar refractivity (Wildman–Crippen MR) is 50.4 cm³/mol. The predicted octanol–water partition coefficient (Wildman–Crippen LogP) is 1.47. The van der Waals surface area contributed by atoms with Gasteiger partial charge in [0.15, 0.2) is 5.76 Å². The zero-order valence-corrected chi connectivity index (χ0v) is 8.10. The van der Waals surface area contributed by atoms with Gasteiger partial charge in [0.05, 0.1) is 12.9 Å². The molecule has 80 valence electrons. The molecule has 0 amide bonds. The smallest absolute Gasteiger partial charge is 0.373 e. The Morgan fingerprint density at radius 2 is 2.33 bits per heavy atom. The van der Waals surface area contributed by atoms with Crippen molar-refractivity contribution in [2.24, 2.45) is 0 Å². The first-order valence-electron chi connectivity index (χ1n) is 4.30. The SMILES string of the molecule is CCOC(=O)C(O)=CC(=O)c1ccco1. The molecule has 1 heterocycles. The molecule has 0 spiro atoms. The van der Waals surface area contributed by atoms with Crippen molar-refractivity contribution in [3.8, 4) is 0 Å². The largest absolute Gasteiger partial charge is 0.502 e. The van der Waals surface area contributed by atoms with E-state index in [-0.39, 0.29) is 12.4 Å². The lowest BCUT2D eigenvalue weighted by atomic mass is 10.2. The van der Waals surface area contributed by atoms with Crippen molar-refractivity contribution in [1.29, 1.82) is 0 Å². The van der Waals surface area contributed by atoms with E-state index in [0.29, 0.717) is 0 Å². The summed E-state index contributed by atoms with van der Waals surface area (Å²) in [6, 6.07) is 2.96. The molecule has 1 N–H and O–H groups in total. The van der Waals surface area contributed by atoms with E-state index < -0.39 is 17.5 Å². The van der Waals surface area contributed by atoms with Crippen LogP contribution in [0.1, 0.15) is 17.5 Å². The number of hydrogen-bond acceptors (Lipinski definition) is 5. The van der Waals surface area contributed by atoms with Crippen LogP contribution in [-0.2, 0) is 9.53 Å². The summed E-state index contributed by atoms with van der Waals surface area (Å²) >= 11 is 0. The van der Waals surface area contributed by atoms with E-state index in [1.807, 2.05) is 0 Å². The average molecular weight is 210 g/mol.